The highest BCUT2D eigenvalue weighted by molar-refractivity contribution is 5.93. The van der Waals surface area contributed by atoms with Crippen LogP contribution in [0.5, 0.6) is 0 Å². The zero-order valence-corrected chi connectivity index (χ0v) is 9.76. The fourth-order valence-corrected chi connectivity index (χ4v) is 1.56. The van der Waals surface area contributed by atoms with Crippen molar-refractivity contribution < 1.29 is 9.53 Å². The fourth-order valence-electron chi connectivity index (χ4n) is 1.56. The first-order valence-electron chi connectivity index (χ1n) is 5.18. The zero-order valence-electron chi connectivity index (χ0n) is 9.76. The van der Waals surface area contributed by atoms with Crippen LogP contribution < -0.4 is 0 Å². The molecule has 0 saturated carbocycles. The first-order valence-corrected chi connectivity index (χ1v) is 5.18. The van der Waals surface area contributed by atoms with Crippen molar-refractivity contribution >= 4 is 5.78 Å². The largest absolute Gasteiger partial charge is 0.384 e. The van der Waals surface area contributed by atoms with Crippen molar-refractivity contribution in [2.24, 2.45) is 0 Å². The van der Waals surface area contributed by atoms with Gasteiger partial charge in [-0.1, -0.05) is 13.8 Å². The third-order valence-corrected chi connectivity index (χ3v) is 2.36. The zero-order chi connectivity index (χ0) is 11.4. The number of H-pyrrole nitrogens is 1. The molecule has 1 aromatic heterocycles. The standard InChI is InChI=1S/C11H18N2O2/c1-5-9-12-10(7(2)6-15-4)11(13-9)8(3)14/h7H,5-6H2,1-4H3,(H,12,13). The number of ketones is 1. The molecular weight excluding hydrogens is 192 g/mol. The van der Waals surface area contributed by atoms with Crippen LogP contribution in [0.4, 0.5) is 0 Å². The Labute approximate surface area is 90.1 Å². The van der Waals surface area contributed by atoms with Crippen LogP contribution in [0, 0.1) is 0 Å². The summed E-state index contributed by atoms with van der Waals surface area (Å²) < 4.78 is 5.08. The predicted molar refractivity (Wildman–Crippen MR) is 58.3 cm³/mol. The van der Waals surface area contributed by atoms with Crippen molar-refractivity contribution in [3.8, 4) is 0 Å². The van der Waals surface area contributed by atoms with Crippen molar-refractivity contribution in [2.75, 3.05) is 13.7 Å². The highest BCUT2D eigenvalue weighted by Crippen LogP contribution is 2.18. The second kappa shape index (κ2) is 5.07. The normalized spacial score (nSPS) is 12.8. The van der Waals surface area contributed by atoms with E-state index in [9.17, 15) is 4.79 Å². The van der Waals surface area contributed by atoms with Crippen molar-refractivity contribution in [1.82, 2.24) is 9.97 Å². The molecule has 4 nitrogen and oxygen atoms in total. The first kappa shape index (κ1) is 11.9. The number of nitrogens with zero attached hydrogens (tertiary/aromatic N) is 1. The maximum Gasteiger partial charge on any atom is 0.179 e. The molecule has 0 radical (unpaired) electrons. The van der Waals surface area contributed by atoms with Crippen molar-refractivity contribution in [3.63, 3.8) is 0 Å². The summed E-state index contributed by atoms with van der Waals surface area (Å²) in [7, 11) is 1.65. The molecule has 1 unspecified atom stereocenters. The number of ether oxygens (including phenoxy) is 1. The van der Waals surface area contributed by atoms with Gasteiger partial charge in [0.05, 0.1) is 12.3 Å². The van der Waals surface area contributed by atoms with E-state index in [1.165, 1.54) is 0 Å². The van der Waals surface area contributed by atoms with Crippen LogP contribution in [0.2, 0.25) is 0 Å². The maximum absolute atomic E-state index is 11.4. The molecule has 1 rings (SSSR count). The van der Waals surface area contributed by atoms with E-state index in [1.54, 1.807) is 14.0 Å². The topological polar surface area (TPSA) is 55.0 Å². The first-order chi connectivity index (χ1) is 7.10. The SMILES string of the molecule is CCc1nc(C(C)=O)c(C(C)COC)[nH]1. The number of rotatable bonds is 5. The number of aromatic amines is 1. The average Bonchev–Trinajstić information content (AvgIpc) is 2.61. The van der Waals surface area contributed by atoms with Gasteiger partial charge in [-0.05, 0) is 0 Å². The molecule has 0 spiro atoms. The van der Waals surface area contributed by atoms with Crippen molar-refractivity contribution in [1.29, 1.82) is 0 Å². The highest BCUT2D eigenvalue weighted by Gasteiger charge is 2.18. The van der Waals surface area contributed by atoms with Crippen LogP contribution in [0.15, 0.2) is 0 Å². The van der Waals surface area contributed by atoms with Crippen molar-refractivity contribution in [2.45, 2.75) is 33.1 Å². The number of Topliss-reactive ketones (excluding diaryl/α,β-unsaturated/α-hetero) is 1. The smallest absolute Gasteiger partial charge is 0.179 e. The van der Waals surface area contributed by atoms with Crippen LogP contribution in [0.25, 0.3) is 0 Å². The number of hydrogen-bond donors (Lipinski definition) is 1. The Morgan fingerprint density at radius 2 is 2.27 bits per heavy atom. The van der Waals surface area contributed by atoms with E-state index in [4.69, 9.17) is 4.74 Å². The maximum atomic E-state index is 11.4. The number of hydrogen-bond acceptors (Lipinski definition) is 3. The Morgan fingerprint density at radius 3 is 2.73 bits per heavy atom. The minimum Gasteiger partial charge on any atom is -0.384 e. The molecular formula is C11H18N2O2. The summed E-state index contributed by atoms with van der Waals surface area (Å²) in [5.74, 6) is 1.03. The molecule has 1 N–H and O–H groups in total. The summed E-state index contributed by atoms with van der Waals surface area (Å²) in [5, 5.41) is 0. The van der Waals surface area contributed by atoms with Gasteiger partial charge in [0.25, 0.3) is 0 Å². The van der Waals surface area contributed by atoms with Gasteiger partial charge in [0.1, 0.15) is 11.5 Å². The van der Waals surface area contributed by atoms with Gasteiger partial charge in [-0.3, -0.25) is 4.79 Å². The van der Waals surface area contributed by atoms with E-state index in [2.05, 4.69) is 9.97 Å². The molecule has 0 aromatic carbocycles. The summed E-state index contributed by atoms with van der Waals surface area (Å²) in [5.41, 5.74) is 1.44. The molecule has 1 aromatic rings. The molecule has 0 aliphatic heterocycles. The lowest BCUT2D eigenvalue weighted by Crippen LogP contribution is -2.07. The summed E-state index contributed by atoms with van der Waals surface area (Å²) in [6.45, 7) is 6.15. The Morgan fingerprint density at radius 1 is 1.60 bits per heavy atom. The van der Waals surface area contributed by atoms with Crippen molar-refractivity contribution in [3.05, 3.63) is 17.2 Å². The van der Waals surface area contributed by atoms with Gasteiger partial charge in [0, 0.05) is 26.4 Å². The summed E-state index contributed by atoms with van der Waals surface area (Å²) in [6, 6.07) is 0. The third-order valence-electron chi connectivity index (χ3n) is 2.36. The molecule has 0 saturated heterocycles. The number of imidazole rings is 1. The number of methoxy groups -OCH3 is 1. The molecule has 0 amide bonds. The van der Waals surface area contributed by atoms with Gasteiger partial charge in [-0.15, -0.1) is 0 Å². The Bertz CT molecular complexity index is 344. The minimum atomic E-state index is 0.00361. The Balaban J connectivity index is 3.03. The molecule has 0 fully saturated rings. The lowest BCUT2D eigenvalue weighted by molar-refractivity contribution is 0.101. The number of aryl methyl sites for hydroxylation is 1. The van der Waals surface area contributed by atoms with Gasteiger partial charge >= 0.3 is 0 Å². The van der Waals surface area contributed by atoms with Crippen LogP contribution in [-0.4, -0.2) is 29.5 Å². The van der Waals surface area contributed by atoms with Gasteiger partial charge in [0.15, 0.2) is 5.78 Å². The van der Waals surface area contributed by atoms with Crippen LogP contribution in [0.1, 0.15) is 48.7 Å². The summed E-state index contributed by atoms with van der Waals surface area (Å²) in [6.07, 6.45) is 0.806. The number of nitrogens with one attached hydrogen (secondary N) is 1. The molecule has 84 valence electrons. The Hall–Kier alpha value is -1.16. The highest BCUT2D eigenvalue weighted by atomic mass is 16.5. The molecule has 4 heteroatoms. The summed E-state index contributed by atoms with van der Waals surface area (Å²) >= 11 is 0. The Kier molecular flexibility index (Phi) is 4.03. The van der Waals surface area contributed by atoms with E-state index in [0.717, 1.165) is 17.9 Å². The van der Waals surface area contributed by atoms with E-state index >= 15 is 0 Å². The second-order valence-corrected chi connectivity index (χ2v) is 3.71. The van der Waals surface area contributed by atoms with Crippen LogP contribution >= 0.6 is 0 Å². The molecule has 15 heavy (non-hydrogen) atoms. The number of aromatic nitrogens is 2. The molecule has 1 atom stereocenters. The van der Waals surface area contributed by atoms with Gasteiger partial charge < -0.3 is 9.72 Å². The molecule has 0 aliphatic carbocycles. The predicted octanol–water partition coefficient (Wildman–Crippen LogP) is 1.92. The lowest BCUT2D eigenvalue weighted by Gasteiger charge is -2.08. The minimum absolute atomic E-state index is 0.00361. The molecule has 0 bridgehead atoms. The third kappa shape index (κ3) is 2.65. The van der Waals surface area contributed by atoms with Gasteiger partial charge in [0.2, 0.25) is 0 Å². The van der Waals surface area contributed by atoms with Crippen LogP contribution in [-0.2, 0) is 11.2 Å². The molecule has 1 heterocycles. The molecule has 0 aliphatic rings. The summed E-state index contributed by atoms with van der Waals surface area (Å²) in [4.78, 5) is 18.8. The van der Waals surface area contributed by atoms with Gasteiger partial charge in [-0.2, -0.15) is 0 Å². The quantitative estimate of drug-likeness (QED) is 0.755. The van der Waals surface area contributed by atoms with Crippen LogP contribution in [0.3, 0.4) is 0 Å². The monoisotopic (exact) mass is 210 g/mol. The second-order valence-electron chi connectivity index (χ2n) is 3.71. The van der Waals surface area contributed by atoms with E-state index in [-0.39, 0.29) is 11.7 Å². The average molecular weight is 210 g/mol. The fraction of sp³-hybridized carbons (Fsp3) is 0.636. The van der Waals surface area contributed by atoms with E-state index in [1.807, 2.05) is 13.8 Å². The van der Waals surface area contributed by atoms with E-state index in [0.29, 0.717) is 12.3 Å². The lowest BCUT2D eigenvalue weighted by atomic mass is 10.1. The van der Waals surface area contributed by atoms with Gasteiger partial charge in [-0.25, -0.2) is 4.98 Å². The number of carbonyl (C=O) groups excluding carboxylic acids is 1. The number of carbonyl (C=O) groups is 1. The van der Waals surface area contributed by atoms with E-state index < -0.39 is 0 Å².